The lowest BCUT2D eigenvalue weighted by atomic mass is 9.71. The van der Waals surface area contributed by atoms with Crippen molar-refractivity contribution in [2.75, 3.05) is 20.8 Å². The second-order valence-electron chi connectivity index (χ2n) is 10.2. The number of ether oxygens (including phenoxy) is 4. The lowest BCUT2D eigenvalue weighted by Gasteiger charge is -2.37. The smallest absolute Gasteiger partial charge is 0.337 e. The Kier molecular flexibility index (Phi) is 9.00. The fraction of sp³-hybridized carbons (Fsp3) is 0.438. The highest BCUT2D eigenvalue weighted by Crippen LogP contribution is 2.47. The molecule has 3 atom stereocenters. The number of dihydropyridines is 1. The molecule has 7 nitrogen and oxygen atoms in total. The highest BCUT2D eigenvalue weighted by atomic mass is 16.5. The second kappa shape index (κ2) is 12.4. The molecule has 1 aliphatic heterocycles. The molecule has 0 aromatic heterocycles. The van der Waals surface area contributed by atoms with Gasteiger partial charge in [-0.3, -0.25) is 4.79 Å². The number of methoxy groups -OCH3 is 2. The maximum absolute atomic E-state index is 13.9. The summed E-state index contributed by atoms with van der Waals surface area (Å²) >= 11 is 0. The first kappa shape index (κ1) is 28.3. The SMILES string of the molecule is CCCOc1ccc([C@H]2C(C(=O)O[C@H](C)CC)=C(C)NC3=C2C(=O)C[C@@H](c2ccc(OC)cc2)C3)cc1OC. The monoisotopic (exact) mass is 533 g/mol. The summed E-state index contributed by atoms with van der Waals surface area (Å²) in [7, 11) is 3.23. The number of hydrogen-bond donors (Lipinski definition) is 1. The van der Waals surface area contributed by atoms with Gasteiger partial charge in [-0.05, 0) is 74.4 Å². The summed E-state index contributed by atoms with van der Waals surface area (Å²) in [5.41, 5.74) is 4.48. The number of allylic oxidation sites excluding steroid dienone is 3. The summed E-state index contributed by atoms with van der Waals surface area (Å²) in [6.45, 7) is 8.33. The third-order valence-electron chi connectivity index (χ3n) is 7.50. The van der Waals surface area contributed by atoms with Crippen LogP contribution in [0.15, 0.2) is 65.0 Å². The topological polar surface area (TPSA) is 83.1 Å². The van der Waals surface area contributed by atoms with Crippen molar-refractivity contribution in [1.82, 2.24) is 5.32 Å². The van der Waals surface area contributed by atoms with Gasteiger partial charge >= 0.3 is 5.97 Å². The molecule has 0 amide bonds. The van der Waals surface area contributed by atoms with Gasteiger partial charge in [-0.25, -0.2) is 4.79 Å². The third kappa shape index (κ3) is 5.97. The van der Waals surface area contributed by atoms with Gasteiger partial charge in [-0.15, -0.1) is 0 Å². The highest BCUT2D eigenvalue weighted by Gasteiger charge is 2.42. The zero-order chi connectivity index (χ0) is 28.1. The molecule has 0 spiro atoms. The van der Waals surface area contributed by atoms with E-state index in [1.54, 1.807) is 14.2 Å². The number of carbonyl (C=O) groups is 2. The molecule has 0 unspecified atom stereocenters. The van der Waals surface area contributed by atoms with Crippen molar-refractivity contribution in [3.8, 4) is 17.2 Å². The van der Waals surface area contributed by atoms with Gasteiger partial charge in [0.1, 0.15) is 5.75 Å². The van der Waals surface area contributed by atoms with Gasteiger partial charge in [0.05, 0.1) is 32.5 Å². The van der Waals surface area contributed by atoms with Crippen LogP contribution in [0, 0.1) is 0 Å². The quantitative estimate of drug-likeness (QED) is 0.364. The van der Waals surface area contributed by atoms with E-state index in [0.29, 0.717) is 54.2 Å². The van der Waals surface area contributed by atoms with Crippen molar-refractivity contribution in [3.05, 3.63) is 76.1 Å². The molecule has 2 aromatic rings. The first-order chi connectivity index (χ1) is 18.8. The van der Waals surface area contributed by atoms with Crippen LogP contribution in [0.25, 0.3) is 0 Å². The van der Waals surface area contributed by atoms with E-state index in [-0.39, 0.29) is 17.8 Å². The molecule has 7 heteroatoms. The number of Topliss-reactive ketones (excluding diaryl/α,β-unsaturated/α-hetero) is 1. The van der Waals surface area contributed by atoms with Crippen LogP contribution < -0.4 is 19.5 Å². The van der Waals surface area contributed by atoms with Crippen LogP contribution in [0.1, 0.15) is 76.3 Å². The van der Waals surface area contributed by atoms with E-state index in [4.69, 9.17) is 18.9 Å². The van der Waals surface area contributed by atoms with E-state index in [9.17, 15) is 9.59 Å². The van der Waals surface area contributed by atoms with E-state index < -0.39 is 11.9 Å². The zero-order valence-corrected chi connectivity index (χ0v) is 23.8. The van der Waals surface area contributed by atoms with Crippen molar-refractivity contribution in [2.45, 2.75) is 71.3 Å². The molecule has 4 rings (SSSR count). The molecular formula is C32H39NO6. The van der Waals surface area contributed by atoms with Gasteiger partial charge < -0.3 is 24.3 Å². The molecule has 0 bridgehead atoms. The van der Waals surface area contributed by atoms with Crippen molar-refractivity contribution in [3.63, 3.8) is 0 Å². The molecule has 39 heavy (non-hydrogen) atoms. The van der Waals surface area contributed by atoms with Crippen LogP contribution in [0.3, 0.4) is 0 Å². The maximum Gasteiger partial charge on any atom is 0.337 e. The molecular weight excluding hydrogens is 494 g/mol. The number of hydrogen-bond acceptors (Lipinski definition) is 7. The van der Waals surface area contributed by atoms with E-state index in [0.717, 1.165) is 29.0 Å². The van der Waals surface area contributed by atoms with Gasteiger partial charge in [-0.1, -0.05) is 32.0 Å². The molecule has 1 N–H and O–H groups in total. The van der Waals surface area contributed by atoms with Crippen molar-refractivity contribution in [1.29, 1.82) is 0 Å². The molecule has 0 fully saturated rings. The normalized spacial score (nSPS) is 19.7. The lowest BCUT2D eigenvalue weighted by molar-refractivity contribution is -0.144. The van der Waals surface area contributed by atoms with Crippen molar-refractivity contribution in [2.24, 2.45) is 0 Å². The Morgan fingerprint density at radius 3 is 2.36 bits per heavy atom. The average Bonchev–Trinajstić information content (AvgIpc) is 2.94. The van der Waals surface area contributed by atoms with Gasteiger partial charge in [0.15, 0.2) is 17.3 Å². The van der Waals surface area contributed by atoms with Gasteiger partial charge in [0.25, 0.3) is 0 Å². The Labute approximate surface area is 231 Å². The number of nitrogens with one attached hydrogen (secondary N) is 1. The summed E-state index contributed by atoms with van der Waals surface area (Å²) in [6, 6.07) is 13.5. The van der Waals surface area contributed by atoms with Crippen molar-refractivity contribution < 1.29 is 28.5 Å². The summed E-state index contributed by atoms with van der Waals surface area (Å²) in [6.07, 6.45) is 2.33. The summed E-state index contributed by atoms with van der Waals surface area (Å²) in [4.78, 5) is 27.4. The Morgan fingerprint density at radius 1 is 1.00 bits per heavy atom. The Balaban J connectivity index is 1.78. The minimum atomic E-state index is -0.573. The number of rotatable bonds is 10. The first-order valence-electron chi connectivity index (χ1n) is 13.7. The molecule has 2 aromatic carbocycles. The van der Waals surface area contributed by atoms with E-state index in [1.807, 2.05) is 70.2 Å². The van der Waals surface area contributed by atoms with Crippen LogP contribution in [-0.2, 0) is 14.3 Å². The van der Waals surface area contributed by atoms with Crippen LogP contribution in [-0.4, -0.2) is 38.7 Å². The Morgan fingerprint density at radius 2 is 1.72 bits per heavy atom. The number of ketones is 1. The molecule has 208 valence electrons. The summed E-state index contributed by atoms with van der Waals surface area (Å²) < 4.78 is 22.6. The zero-order valence-electron chi connectivity index (χ0n) is 23.8. The minimum Gasteiger partial charge on any atom is -0.497 e. The predicted molar refractivity (Wildman–Crippen MR) is 150 cm³/mol. The van der Waals surface area contributed by atoms with Gasteiger partial charge in [0, 0.05) is 29.3 Å². The first-order valence-corrected chi connectivity index (χ1v) is 13.7. The lowest BCUT2D eigenvalue weighted by Crippen LogP contribution is -2.36. The largest absolute Gasteiger partial charge is 0.497 e. The van der Waals surface area contributed by atoms with E-state index >= 15 is 0 Å². The van der Waals surface area contributed by atoms with Crippen LogP contribution in [0.5, 0.6) is 17.2 Å². The highest BCUT2D eigenvalue weighted by molar-refractivity contribution is 6.04. The van der Waals surface area contributed by atoms with Crippen LogP contribution >= 0.6 is 0 Å². The molecule has 1 aliphatic carbocycles. The predicted octanol–water partition coefficient (Wildman–Crippen LogP) is 6.20. The Hall–Kier alpha value is -3.74. The maximum atomic E-state index is 13.9. The third-order valence-corrected chi connectivity index (χ3v) is 7.50. The van der Waals surface area contributed by atoms with E-state index in [1.165, 1.54) is 0 Å². The summed E-state index contributed by atoms with van der Waals surface area (Å²) in [5.74, 6) is 1.02. The number of benzene rings is 2. The fourth-order valence-electron chi connectivity index (χ4n) is 5.28. The minimum absolute atomic E-state index is 0.0150. The molecule has 2 aliphatic rings. The second-order valence-corrected chi connectivity index (χ2v) is 10.2. The summed E-state index contributed by atoms with van der Waals surface area (Å²) in [5, 5.41) is 3.42. The van der Waals surface area contributed by atoms with Gasteiger partial charge in [0.2, 0.25) is 0 Å². The number of esters is 1. The molecule has 0 radical (unpaired) electrons. The number of carbonyl (C=O) groups excluding carboxylic acids is 2. The fourth-order valence-corrected chi connectivity index (χ4v) is 5.28. The van der Waals surface area contributed by atoms with E-state index in [2.05, 4.69) is 5.32 Å². The van der Waals surface area contributed by atoms with Crippen LogP contribution in [0.2, 0.25) is 0 Å². The molecule has 1 heterocycles. The van der Waals surface area contributed by atoms with Gasteiger partial charge in [-0.2, -0.15) is 0 Å². The average molecular weight is 534 g/mol. The molecule has 0 saturated carbocycles. The van der Waals surface area contributed by atoms with Crippen LogP contribution in [0.4, 0.5) is 0 Å². The Bertz CT molecular complexity index is 1280. The molecule has 0 saturated heterocycles. The standard InChI is InChI=1S/C32H39NO6/c1-7-15-38-27-14-11-22(18-28(27)37-6)30-29(32(35)39-19(3)8-2)20(4)33-25-16-23(17-26(34)31(25)30)21-9-12-24(36-5)13-10-21/h9-14,18-19,23,30,33H,7-8,15-17H2,1-6H3/t19-,23+,30+/m1/s1. The van der Waals surface area contributed by atoms with Crippen molar-refractivity contribution >= 4 is 11.8 Å².